The number of hydrogen-bond acceptors (Lipinski definition) is 3. The number of nitrogens with one attached hydrogen (secondary N) is 1. The molecule has 0 aliphatic heterocycles. The van der Waals surface area contributed by atoms with Gasteiger partial charge in [0, 0.05) is 18.3 Å². The van der Waals surface area contributed by atoms with Crippen molar-refractivity contribution in [2.45, 2.75) is 12.7 Å². The molecule has 22 heavy (non-hydrogen) atoms. The smallest absolute Gasteiger partial charge is 0.380 e. The van der Waals surface area contributed by atoms with Crippen molar-refractivity contribution in [3.05, 3.63) is 58.4 Å². The first-order valence-electron chi connectivity index (χ1n) is 6.13. The molecule has 0 radical (unpaired) electrons. The van der Waals surface area contributed by atoms with Gasteiger partial charge in [0.15, 0.2) is 0 Å². The van der Waals surface area contributed by atoms with Crippen LogP contribution in [-0.2, 0) is 12.7 Å². The number of hydrogen-bond donors (Lipinski definition) is 2. The van der Waals surface area contributed by atoms with E-state index < -0.39 is 17.6 Å². The molecule has 0 unspecified atom stereocenters. The lowest BCUT2D eigenvalue weighted by Crippen LogP contribution is -2.16. The standard InChI is InChI=1S/C14H11ClF3N3O/c15-12-5-11(10(7-21-12)14(16,17)18)20-6-8-3-1-2-4-9(8)13(19)22/h1-5,7H,6H2,(H2,19,22)(H,20,21). The van der Waals surface area contributed by atoms with E-state index in [1.807, 2.05) is 0 Å². The molecule has 0 saturated carbocycles. The number of primary amides is 1. The Kier molecular flexibility index (Phi) is 4.56. The van der Waals surface area contributed by atoms with Crippen LogP contribution in [-0.4, -0.2) is 10.9 Å². The molecule has 3 N–H and O–H groups in total. The summed E-state index contributed by atoms with van der Waals surface area (Å²) in [6.07, 6.45) is -3.91. The first kappa shape index (κ1) is 16.1. The minimum absolute atomic E-state index is 0.0114. The summed E-state index contributed by atoms with van der Waals surface area (Å²) in [5.41, 5.74) is 4.80. The molecule has 0 atom stereocenters. The second-order valence-corrected chi connectivity index (χ2v) is 4.81. The van der Waals surface area contributed by atoms with Crippen LogP contribution in [0.25, 0.3) is 0 Å². The summed E-state index contributed by atoms with van der Waals surface area (Å²) >= 11 is 5.64. The minimum Gasteiger partial charge on any atom is -0.380 e. The van der Waals surface area contributed by atoms with Crippen LogP contribution in [0.1, 0.15) is 21.5 Å². The fraction of sp³-hybridized carbons (Fsp3) is 0.143. The Morgan fingerprint density at radius 2 is 2.00 bits per heavy atom. The van der Waals surface area contributed by atoms with E-state index in [1.54, 1.807) is 18.2 Å². The largest absolute Gasteiger partial charge is 0.419 e. The lowest BCUT2D eigenvalue weighted by atomic mass is 10.1. The van der Waals surface area contributed by atoms with Gasteiger partial charge < -0.3 is 11.1 Å². The number of alkyl halides is 3. The average Bonchev–Trinajstić information content (AvgIpc) is 2.44. The van der Waals surface area contributed by atoms with Gasteiger partial charge in [0.05, 0.1) is 11.3 Å². The Labute approximate surface area is 129 Å². The zero-order valence-electron chi connectivity index (χ0n) is 11.1. The fourth-order valence-corrected chi connectivity index (χ4v) is 2.07. The Hall–Kier alpha value is -2.28. The third-order valence-electron chi connectivity index (χ3n) is 2.93. The molecule has 4 nitrogen and oxygen atoms in total. The highest BCUT2D eigenvalue weighted by Crippen LogP contribution is 2.35. The van der Waals surface area contributed by atoms with Crippen molar-refractivity contribution >= 4 is 23.2 Å². The number of nitrogens with zero attached hydrogens (tertiary/aromatic N) is 1. The van der Waals surface area contributed by atoms with Crippen molar-refractivity contribution < 1.29 is 18.0 Å². The third kappa shape index (κ3) is 3.67. The normalized spacial score (nSPS) is 11.3. The van der Waals surface area contributed by atoms with Gasteiger partial charge in [-0.25, -0.2) is 4.98 Å². The van der Waals surface area contributed by atoms with Crippen LogP contribution >= 0.6 is 11.6 Å². The molecule has 1 aromatic heterocycles. The summed E-state index contributed by atoms with van der Waals surface area (Å²) in [7, 11) is 0. The highest BCUT2D eigenvalue weighted by Gasteiger charge is 2.34. The number of anilines is 1. The van der Waals surface area contributed by atoms with Crippen molar-refractivity contribution in [2.24, 2.45) is 5.73 Å². The molecule has 0 bridgehead atoms. The van der Waals surface area contributed by atoms with Gasteiger partial charge >= 0.3 is 6.18 Å². The molecule has 2 aromatic rings. The SMILES string of the molecule is NC(=O)c1ccccc1CNc1cc(Cl)ncc1C(F)(F)F. The van der Waals surface area contributed by atoms with Crippen LogP contribution in [0.5, 0.6) is 0 Å². The van der Waals surface area contributed by atoms with Crippen molar-refractivity contribution in [2.75, 3.05) is 5.32 Å². The monoisotopic (exact) mass is 329 g/mol. The highest BCUT2D eigenvalue weighted by atomic mass is 35.5. The van der Waals surface area contributed by atoms with E-state index in [0.29, 0.717) is 11.8 Å². The Bertz CT molecular complexity index is 704. The number of amides is 1. The lowest BCUT2D eigenvalue weighted by Gasteiger charge is -2.15. The van der Waals surface area contributed by atoms with Crippen molar-refractivity contribution in [1.29, 1.82) is 0 Å². The molecule has 1 amide bonds. The number of nitrogens with two attached hydrogens (primary N) is 1. The number of rotatable bonds is 4. The lowest BCUT2D eigenvalue weighted by molar-refractivity contribution is -0.137. The maximum Gasteiger partial charge on any atom is 0.419 e. The first-order chi connectivity index (χ1) is 10.3. The highest BCUT2D eigenvalue weighted by molar-refractivity contribution is 6.29. The van der Waals surface area contributed by atoms with Gasteiger partial charge in [0.25, 0.3) is 0 Å². The summed E-state index contributed by atoms with van der Waals surface area (Å²) in [5, 5.41) is 2.55. The van der Waals surface area contributed by atoms with Crippen LogP contribution in [0.2, 0.25) is 5.15 Å². The van der Waals surface area contributed by atoms with Gasteiger partial charge in [-0.05, 0) is 17.7 Å². The predicted octanol–water partition coefficient (Wildman–Crippen LogP) is 3.46. The quantitative estimate of drug-likeness (QED) is 0.844. The van der Waals surface area contributed by atoms with Crippen molar-refractivity contribution in [1.82, 2.24) is 4.98 Å². The molecule has 2 rings (SSSR count). The molecule has 1 aromatic carbocycles. The van der Waals surface area contributed by atoms with E-state index in [9.17, 15) is 18.0 Å². The van der Waals surface area contributed by atoms with Crippen LogP contribution in [0.4, 0.5) is 18.9 Å². The zero-order chi connectivity index (χ0) is 16.3. The number of benzene rings is 1. The summed E-state index contributed by atoms with van der Waals surface area (Å²) < 4.78 is 38.7. The van der Waals surface area contributed by atoms with E-state index in [1.165, 1.54) is 6.07 Å². The molecule has 0 spiro atoms. The fourth-order valence-electron chi connectivity index (χ4n) is 1.91. The van der Waals surface area contributed by atoms with Crippen molar-refractivity contribution in [3.8, 4) is 0 Å². The Morgan fingerprint density at radius 1 is 1.32 bits per heavy atom. The molecule has 1 heterocycles. The van der Waals surface area contributed by atoms with Gasteiger partial charge in [-0.15, -0.1) is 0 Å². The Morgan fingerprint density at radius 3 is 2.64 bits per heavy atom. The van der Waals surface area contributed by atoms with Gasteiger partial charge in [0.1, 0.15) is 5.15 Å². The average molecular weight is 330 g/mol. The molecule has 0 aliphatic carbocycles. The van der Waals surface area contributed by atoms with E-state index >= 15 is 0 Å². The van der Waals surface area contributed by atoms with Gasteiger partial charge in [-0.2, -0.15) is 13.2 Å². The van der Waals surface area contributed by atoms with Gasteiger partial charge in [-0.3, -0.25) is 4.79 Å². The van der Waals surface area contributed by atoms with Crippen LogP contribution in [0.15, 0.2) is 36.5 Å². The second kappa shape index (κ2) is 6.23. The van der Waals surface area contributed by atoms with E-state index in [2.05, 4.69) is 10.3 Å². The summed E-state index contributed by atoms with van der Waals surface area (Å²) in [4.78, 5) is 14.7. The molecular formula is C14H11ClF3N3O. The number of pyridine rings is 1. The molecule has 8 heteroatoms. The van der Waals surface area contributed by atoms with E-state index in [-0.39, 0.29) is 22.9 Å². The first-order valence-corrected chi connectivity index (χ1v) is 6.51. The molecular weight excluding hydrogens is 319 g/mol. The topological polar surface area (TPSA) is 68.0 Å². The van der Waals surface area contributed by atoms with Gasteiger partial charge in [0.2, 0.25) is 5.91 Å². The van der Waals surface area contributed by atoms with E-state index in [4.69, 9.17) is 17.3 Å². The third-order valence-corrected chi connectivity index (χ3v) is 3.13. The number of halogens is 4. The Balaban J connectivity index is 2.29. The summed E-state index contributed by atoms with van der Waals surface area (Å²) in [5.74, 6) is -0.652. The molecule has 0 fully saturated rings. The van der Waals surface area contributed by atoms with Crippen LogP contribution < -0.4 is 11.1 Å². The minimum atomic E-state index is -4.57. The number of carbonyl (C=O) groups excluding carboxylic acids is 1. The summed E-state index contributed by atoms with van der Waals surface area (Å²) in [6.45, 7) is -0.0114. The maximum absolute atomic E-state index is 12.9. The molecule has 0 saturated heterocycles. The predicted molar refractivity (Wildman–Crippen MR) is 76.5 cm³/mol. The zero-order valence-corrected chi connectivity index (χ0v) is 11.9. The van der Waals surface area contributed by atoms with E-state index in [0.717, 1.165) is 6.07 Å². The number of carbonyl (C=O) groups is 1. The second-order valence-electron chi connectivity index (χ2n) is 4.43. The van der Waals surface area contributed by atoms with Crippen LogP contribution in [0.3, 0.4) is 0 Å². The molecule has 116 valence electrons. The summed E-state index contributed by atoms with van der Waals surface area (Å²) in [6, 6.07) is 7.46. The van der Waals surface area contributed by atoms with Gasteiger partial charge in [-0.1, -0.05) is 29.8 Å². The maximum atomic E-state index is 12.9. The number of aromatic nitrogens is 1. The van der Waals surface area contributed by atoms with Crippen LogP contribution in [0, 0.1) is 0 Å². The molecule has 0 aliphatic rings. The van der Waals surface area contributed by atoms with Crippen molar-refractivity contribution in [3.63, 3.8) is 0 Å².